The SMILES string of the molecule is CC/C=C\C/C=C\C/C=C\C/C=C\CCC(=O)OCC(COC(=O)CCCCCCC/C=C\CCC)OC(=O)CCCCCCC/C=C\CCC. The second kappa shape index (κ2) is 39.6. The van der Waals surface area contributed by atoms with Crippen LogP contribution >= 0.6 is 0 Å². The first-order valence-electron chi connectivity index (χ1n) is 20.4. The summed E-state index contributed by atoms with van der Waals surface area (Å²) in [5.41, 5.74) is 0. The third kappa shape index (κ3) is 37.9. The lowest BCUT2D eigenvalue weighted by Gasteiger charge is -2.18. The number of esters is 3. The summed E-state index contributed by atoms with van der Waals surface area (Å²) in [5.74, 6) is -1.03. The summed E-state index contributed by atoms with van der Waals surface area (Å²) in [6.45, 7) is 6.28. The van der Waals surface area contributed by atoms with Crippen LogP contribution in [0.3, 0.4) is 0 Å². The highest BCUT2D eigenvalue weighted by molar-refractivity contribution is 5.71. The molecule has 1 unspecified atom stereocenters. The molecule has 290 valence electrons. The second-order valence-corrected chi connectivity index (χ2v) is 13.2. The van der Waals surface area contributed by atoms with Gasteiger partial charge in [0.25, 0.3) is 0 Å². The van der Waals surface area contributed by atoms with E-state index >= 15 is 0 Å². The zero-order valence-corrected chi connectivity index (χ0v) is 32.8. The first-order valence-corrected chi connectivity index (χ1v) is 20.4. The highest BCUT2D eigenvalue weighted by Gasteiger charge is 2.19. The Labute approximate surface area is 312 Å². The van der Waals surface area contributed by atoms with Crippen LogP contribution < -0.4 is 0 Å². The normalized spacial score (nSPS) is 12.8. The average Bonchev–Trinajstić information content (AvgIpc) is 3.12. The van der Waals surface area contributed by atoms with Crippen molar-refractivity contribution in [1.29, 1.82) is 0 Å². The van der Waals surface area contributed by atoms with E-state index in [4.69, 9.17) is 14.2 Å². The molecule has 0 aromatic rings. The minimum absolute atomic E-state index is 0.107. The fourth-order valence-corrected chi connectivity index (χ4v) is 5.10. The molecule has 0 heterocycles. The van der Waals surface area contributed by atoms with Gasteiger partial charge in [0.15, 0.2) is 6.10 Å². The third-order valence-corrected chi connectivity index (χ3v) is 8.14. The quantitative estimate of drug-likeness (QED) is 0.0282. The predicted octanol–water partition coefficient (Wildman–Crippen LogP) is 12.7. The molecule has 0 saturated carbocycles. The lowest BCUT2D eigenvalue weighted by Crippen LogP contribution is -2.30. The largest absolute Gasteiger partial charge is 0.462 e. The van der Waals surface area contributed by atoms with Gasteiger partial charge in [-0.25, -0.2) is 0 Å². The van der Waals surface area contributed by atoms with Crippen molar-refractivity contribution in [2.24, 2.45) is 0 Å². The van der Waals surface area contributed by atoms with Crippen LogP contribution in [0.2, 0.25) is 0 Å². The minimum atomic E-state index is -0.807. The number of allylic oxidation sites excluding steroid dienone is 12. The smallest absolute Gasteiger partial charge is 0.306 e. The van der Waals surface area contributed by atoms with Crippen molar-refractivity contribution in [3.8, 4) is 0 Å². The van der Waals surface area contributed by atoms with E-state index in [1.807, 2.05) is 12.2 Å². The molecule has 0 N–H and O–H groups in total. The maximum absolute atomic E-state index is 12.6. The molecular weight excluding hydrogens is 636 g/mol. The molecular formula is C45H74O6. The van der Waals surface area contributed by atoms with E-state index in [2.05, 4.69) is 81.5 Å². The summed E-state index contributed by atoms with van der Waals surface area (Å²) < 4.78 is 16.5. The summed E-state index contributed by atoms with van der Waals surface area (Å²) in [5, 5.41) is 0. The molecule has 1 atom stereocenters. The Kier molecular flexibility index (Phi) is 37.2. The van der Waals surface area contributed by atoms with E-state index in [1.165, 1.54) is 25.7 Å². The summed E-state index contributed by atoms with van der Waals surface area (Å²) >= 11 is 0. The predicted molar refractivity (Wildman–Crippen MR) is 214 cm³/mol. The van der Waals surface area contributed by atoms with Crippen LogP contribution in [0.1, 0.15) is 175 Å². The molecule has 51 heavy (non-hydrogen) atoms. The van der Waals surface area contributed by atoms with Gasteiger partial charge in [-0.3, -0.25) is 14.4 Å². The van der Waals surface area contributed by atoms with E-state index in [9.17, 15) is 14.4 Å². The maximum atomic E-state index is 12.6. The van der Waals surface area contributed by atoms with Crippen LogP contribution in [0.25, 0.3) is 0 Å². The minimum Gasteiger partial charge on any atom is -0.462 e. The van der Waals surface area contributed by atoms with Gasteiger partial charge in [-0.05, 0) is 83.5 Å². The van der Waals surface area contributed by atoms with E-state index in [1.54, 1.807) is 0 Å². The Morgan fingerprint density at radius 3 is 1.31 bits per heavy atom. The number of ether oxygens (including phenoxy) is 3. The first kappa shape index (κ1) is 47.8. The van der Waals surface area contributed by atoms with Gasteiger partial charge >= 0.3 is 17.9 Å². The van der Waals surface area contributed by atoms with E-state index < -0.39 is 6.10 Å². The summed E-state index contributed by atoms with van der Waals surface area (Å²) in [7, 11) is 0. The Hall–Kier alpha value is -3.15. The maximum Gasteiger partial charge on any atom is 0.306 e. The molecule has 0 saturated heterocycles. The molecule has 0 aromatic carbocycles. The lowest BCUT2D eigenvalue weighted by molar-refractivity contribution is -0.166. The van der Waals surface area contributed by atoms with Crippen LogP contribution in [-0.2, 0) is 28.6 Å². The first-order chi connectivity index (χ1) is 25.0. The average molecular weight is 711 g/mol. The molecule has 0 aliphatic rings. The van der Waals surface area contributed by atoms with Gasteiger partial charge in [0.05, 0.1) is 0 Å². The number of unbranched alkanes of at least 4 members (excludes halogenated alkanes) is 12. The molecule has 0 radical (unpaired) electrons. The molecule has 0 aliphatic heterocycles. The van der Waals surface area contributed by atoms with Crippen molar-refractivity contribution < 1.29 is 28.6 Å². The zero-order chi connectivity index (χ0) is 37.3. The molecule has 6 heteroatoms. The van der Waals surface area contributed by atoms with Gasteiger partial charge in [0, 0.05) is 19.3 Å². The highest BCUT2D eigenvalue weighted by atomic mass is 16.6. The number of hydrogen-bond acceptors (Lipinski definition) is 6. The number of rotatable bonds is 35. The Morgan fingerprint density at radius 1 is 0.412 bits per heavy atom. The van der Waals surface area contributed by atoms with Crippen LogP contribution in [0.15, 0.2) is 72.9 Å². The van der Waals surface area contributed by atoms with Crippen molar-refractivity contribution in [3.05, 3.63) is 72.9 Å². The van der Waals surface area contributed by atoms with Crippen LogP contribution in [0.5, 0.6) is 0 Å². The Morgan fingerprint density at radius 2 is 0.804 bits per heavy atom. The van der Waals surface area contributed by atoms with Crippen LogP contribution in [0, 0.1) is 0 Å². The molecule has 0 fully saturated rings. The highest BCUT2D eigenvalue weighted by Crippen LogP contribution is 2.12. The van der Waals surface area contributed by atoms with Crippen LogP contribution in [0.4, 0.5) is 0 Å². The third-order valence-electron chi connectivity index (χ3n) is 8.14. The molecule has 0 bridgehead atoms. The van der Waals surface area contributed by atoms with Crippen LogP contribution in [-0.4, -0.2) is 37.2 Å². The van der Waals surface area contributed by atoms with Crippen molar-refractivity contribution in [2.75, 3.05) is 13.2 Å². The zero-order valence-electron chi connectivity index (χ0n) is 32.8. The molecule has 0 amide bonds. The summed E-state index contributed by atoms with van der Waals surface area (Å²) in [6.07, 6.45) is 47.6. The fourth-order valence-electron chi connectivity index (χ4n) is 5.10. The second-order valence-electron chi connectivity index (χ2n) is 13.2. The van der Waals surface area contributed by atoms with Crippen molar-refractivity contribution in [3.63, 3.8) is 0 Å². The van der Waals surface area contributed by atoms with E-state index in [0.29, 0.717) is 19.3 Å². The molecule has 0 aliphatic carbocycles. The van der Waals surface area contributed by atoms with E-state index in [-0.39, 0.29) is 37.5 Å². The Bertz CT molecular complexity index is 1000. The molecule has 0 aromatic heterocycles. The molecule has 0 spiro atoms. The number of hydrogen-bond donors (Lipinski definition) is 0. The van der Waals surface area contributed by atoms with E-state index in [0.717, 1.165) is 103 Å². The summed E-state index contributed by atoms with van der Waals surface area (Å²) in [6, 6.07) is 0. The van der Waals surface area contributed by atoms with Gasteiger partial charge in [-0.1, -0.05) is 145 Å². The fraction of sp³-hybridized carbons (Fsp3) is 0.667. The Balaban J connectivity index is 4.51. The standard InChI is InChI=1S/C45H74O6/c1-4-7-10-13-16-19-22-23-24-27-29-32-35-38-44(47)50-41-42(51-45(48)39-36-33-30-26-21-18-15-12-9-6-3)40-49-43(46)37-34-31-28-25-20-17-14-11-8-5-2/h7,10-12,14-16,19,23-24,29,32,42H,4-6,8-9,13,17-18,20-22,25-28,30-31,33-41H2,1-3H3/b10-7-,14-11-,15-12-,19-16-,24-23-,32-29-. The molecule has 6 nitrogen and oxygen atoms in total. The summed E-state index contributed by atoms with van der Waals surface area (Å²) in [4.78, 5) is 37.5. The van der Waals surface area contributed by atoms with Crippen molar-refractivity contribution in [2.45, 2.75) is 181 Å². The topological polar surface area (TPSA) is 78.9 Å². The number of carbonyl (C=O) groups is 3. The van der Waals surface area contributed by atoms with Gasteiger partial charge < -0.3 is 14.2 Å². The lowest BCUT2D eigenvalue weighted by atomic mass is 10.1. The van der Waals surface area contributed by atoms with Crippen molar-refractivity contribution >= 4 is 17.9 Å². The number of carbonyl (C=O) groups excluding carboxylic acids is 3. The van der Waals surface area contributed by atoms with Gasteiger partial charge in [-0.15, -0.1) is 0 Å². The van der Waals surface area contributed by atoms with Gasteiger partial charge in [0.1, 0.15) is 13.2 Å². The van der Waals surface area contributed by atoms with Gasteiger partial charge in [-0.2, -0.15) is 0 Å². The van der Waals surface area contributed by atoms with Crippen molar-refractivity contribution in [1.82, 2.24) is 0 Å². The monoisotopic (exact) mass is 711 g/mol. The van der Waals surface area contributed by atoms with Gasteiger partial charge in [0.2, 0.25) is 0 Å². The molecule has 0 rings (SSSR count).